The third-order valence-corrected chi connectivity index (χ3v) is 4.78. The van der Waals surface area contributed by atoms with Crippen LogP contribution < -0.4 is 5.32 Å². The van der Waals surface area contributed by atoms with Gasteiger partial charge >= 0.3 is 0 Å². The van der Waals surface area contributed by atoms with Gasteiger partial charge in [-0.1, -0.05) is 6.07 Å². The minimum Gasteiger partial charge on any atom is -0.376 e. The van der Waals surface area contributed by atoms with Gasteiger partial charge in [-0.05, 0) is 37.8 Å². The number of fused-ring (bicyclic) bond motifs is 3. The van der Waals surface area contributed by atoms with Crippen LogP contribution in [-0.2, 0) is 22.4 Å². The monoisotopic (exact) mass is 299 g/mol. The van der Waals surface area contributed by atoms with Crippen molar-refractivity contribution in [1.29, 1.82) is 0 Å². The molecule has 1 N–H and O–H groups in total. The summed E-state index contributed by atoms with van der Waals surface area (Å²) in [6, 6.07) is 6.03. The Morgan fingerprint density at radius 3 is 3.23 bits per heavy atom. The highest BCUT2D eigenvalue weighted by atomic mass is 16.5. The number of carbonyl (C=O) groups excluding carboxylic acids is 1. The number of hydrogen-bond donors (Lipinski definition) is 1. The van der Waals surface area contributed by atoms with Crippen molar-refractivity contribution in [2.45, 2.75) is 38.2 Å². The highest BCUT2D eigenvalue weighted by molar-refractivity contribution is 5.79. The molecule has 116 valence electrons. The average Bonchev–Trinajstić information content (AvgIpc) is 3.19. The van der Waals surface area contributed by atoms with Crippen LogP contribution in [0.2, 0.25) is 0 Å². The Kier molecular flexibility index (Phi) is 3.58. The Bertz CT molecular complexity index is 688. The van der Waals surface area contributed by atoms with Gasteiger partial charge in [-0.25, -0.2) is 4.98 Å². The Hall–Kier alpha value is -1.88. The number of aromatic nitrogens is 2. The molecule has 2 unspecified atom stereocenters. The van der Waals surface area contributed by atoms with Gasteiger partial charge in [-0.15, -0.1) is 0 Å². The summed E-state index contributed by atoms with van der Waals surface area (Å²) in [5.74, 6) is 0.209. The molecule has 22 heavy (non-hydrogen) atoms. The van der Waals surface area contributed by atoms with E-state index < -0.39 is 0 Å². The van der Waals surface area contributed by atoms with Gasteiger partial charge < -0.3 is 14.5 Å². The van der Waals surface area contributed by atoms with E-state index in [1.165, 1.54) is 5.69 Å². The van der Waals surface area contributed by atoms with E-state index in [9.17, 15) is 4.79 Å². The molecule has 1 aliphatic heterocycles. The zero-order valence-corrected chi connectivity index (χ0v) is 12.6. The number of hydrogen-bond acceptors (Lipinski definition) is 3. The second kappa shape index (κ2) is 5.72. The standard InChI is InChI=1S/C17H21N3O2/c21-17(18-11-13-4-3-9-22-13)12-6-7-14-15(10-12)20-8-2-1-5-16(20)19-14/h1-2,5,8,12-13H,3-4,6-7,9-11H2,(H,18,21). The first-order valence-electron chi connectivity index (χ1n) is 8.15. The van der Waals surface area contributed by atoms with Gasteiger partial charge in [0.1, 0.15) is 5.65 Å². The largest absolute Gasteiger partial charge is 0.376 e. The van der Waals surface area contributed by atoms with E-state index in [2.05, 4.69) is 14.7 Å². The molecule has 4 rings (SSSR count). The van der Waals surface area contributed by atoms with Crippen LogP contribution in [0.15, 0.2) is 24.4 Å². The van der Waals surface area contributed by atoms with Crippen molar-refractivity contribution in [2.75, 3.05) is 13.2 Å². The fourth-order valence-corrected chi connectivity index (χ4v) is 3.55. The molecular weight excluding hydrogens is 278 g/mol. The molecule has 1 saturated heterocycles. The molecule has 0 spiro atoms. The maximum absolute atomic E-state index is 12.4. The smallest absolute Gasteiger partial charge is 0.223 e. The molecule has 5 nitrogen and oxygen atoms in total. The first-order valence-corrected chi connectivity index (χ1v) is 8.15. The summed E-state index contributed by atoms with van der Waals surface area (Å²) < 4.78 is 7.68. The lowest BCUT2D eigenvalue weighted by Gasteiger charge is -2.22. The summed E-state index contributed by atoms with van der Waals surface area (Å²) in [6.45, 7) is 1.48. The van der Waals surface area contributed by atoms with Crippen LogP contribution in [0.3, 0.4) is 0 Å². The fourth-order valence-electron chi connectivity index (χ4n) is 3.55. The van der Waals surface area contributed by atoms with Crippen LogP contribution in [0.1, 0.15) is 30.7 Å². The highest BCUT2D eigenvalue weighted by Gasteiger charge is 2.28. The van der Waals surface area contributed by atoms with Crippen molar-refractivity contribution in [2.24, 2.45) is 5.92 Å². The summed E-state index contributed by atoms with van der Waals surface area (Å²) in [6.07, 6.45) is 6.95. The summed E-state index contributed by atoms with van der Waals surface area (Å²) in [4.78, 5) is 17.1. The van der Waals surface area contributed by atoms with Crippen molar-refractivity contribution in [3.05, 3.63) is 35.8 Å². The number of pyridine rings is 1. The quantitative estimate of drug-likeness (QED) is 0.939. The average molecular weight is 299 g/mol. The van der Waals surface area contributed by atoms with Crippen LogP contribution in [0.4, 0.5) is 0 Å². The summed E-state index contributed by atoms with van der Waals surface area (Å²) >= 11 is 0. The lowest BCUT2D eigenvalue weighted by Crippen LogP contribution is -2.38. The highest BCUT2D eigenvalue weighted by Crippen LogP contribution is 2.26. The molecule has 2 aliphatic rings. The topological polar surface area (TPSA) is 55.6 Å². The van der Waals surface area contributed by atoms with E-state index in [0.29, 0.717) is 6.54 Å². The summed E-state index contributed by atoms with van der Waals surface area (Å²) in [7, 11) is 0. The van der Waals surface area contributed by atoms with Crippen molar-refractivity contribution in [3.63, 3.8) is 0 Å². The maximum Gasteiger partial charge on any atom is 0.223 e. The predicted octanol–water partition coefficient (Wildman–Crippen LogP) is 1.73. The number of ether oxygens (including phenoxy) is 1. The van der Waals surface area contributed by atoms with Gasteiger partial charge in [-0.2, -0.15) is 0 Å². The first-order chi connectivity index (χ1) is 10.8. The van der Waals surface area contributed by atoms with Gasteiger partial charge in [0.15, 0.2) is 0 Å². The first kappa shape index (κ1) is 13.8. The lowest BCUT2D eigenvalue weighted by atomic mass is 9.89. The van der Waals surface area contributed by atoms with Gasteiger partial charge in [-0.3, -0.25) is 4.79 Å². The molecule has 3 heterocycles. The zero-order chi connectivity index (χ0) is 14.9. The summed E-state index contributed by atoms with van der Waals surface area (Å²) in [5.41, 5.74) is 3.32. The Labute approximate surface area is 129 Å². The number of nitrogens with zero attached hydrogens (tertiary/aromatic N) is 2. The molecule has 1 amide bonds. The second-order valence-electron chi connectivity index (χ2n) is 6.25. The molecular formula is C17H21N3O2. The van der Waals surface area contributed by atoms with Crippen LogP contribution in [0.5, 0.6) is 0 Å². The molecule has 1 aliphatic carbocycles. The molecule has 0 bridgehead atoms. The molecule has 0 aromatic carbocycles. The van der Waals surface area contributed by atoms with E-state index in [-0.39, 0.29) is 17.9 Å². The molecule has 0 saturated carbocycles. The van der Waals surface area contributed by atoms with Crippen molar-refractivity contribution in [3.8, 4) is 0 Å². The normalized spacial score (nSPS) is 24.4. The predicted molar refractivity (Wildman–Crippen MR) is 82.7 cm³/mol. The van der Waals surface area contributed by atoms with Crippen molar-refractivity contribution >= 4 is 11.6 Å². The molecule has 1 fully saturated rings. The van der Waals surface area contributed by atoms with Gasteiger partial charge in [0, 0.05) is 37.4 Å². The number of rotatable bonds is 3. The molecule has 0 radical (unpaired) electrons. The minimum absolute atomic E-state index is 0.0500. The van der Waals surface area contributed by atoms with E-state index in [0.717, 1.165) is 50.1 Å². The zero-order valence-electron chi connectivity index (χ0n) is 12.6. The third kappa shape index (κ3) is 2.50. The van der Waals surface area contributed by atoms with Crippen molar-refractivity contribution < 1.29 is 9.53 Å². The number of carbonyl (C=O) groups is 1. The number of amides is 1. The molecule has 2 aromatic heterocycles. The second-order valence-corrected chi connectivity index (χ2v) is 6.25. The van der Waals surface area contributed by atoms with Gasteiger partial charge in [0.05, 0.1) is 11.8 Å². The SMILES string of the molecule is O=C(NCC1CCCO1)C1CCc2nc3ccccn3c2C1. The van der Waals surface area contributed by atoms with Crippen LogP contribution in [0, 0.1) is 5.92 Å². The van der Waals surface area contributed by atoms with Crippen molar-refractivity contribution in [1.82, 2.24) is 14.7 Å². The van der Waals surface area contributed by atoms with Crippen LogP contribution in [-0.4, -0.2) is 34.5 Å². The molecule has 2 atom stereocenters. The minimum atomic E-state index is 0.0500. The number of nitrogens with one attached hydrogen (secondary N) is 1. The van der Waals surface area contributed by atoms with Crippen LogP contribution >= 0.6 is 0 Å². The summed E-state index contributed by atoms with van der Waals surface area (Å²) in [5, 5.41) is 3.07. The fraction of sp³-hybridized carbons (Fsp3) is 0.529. The number of imidazole rings is 1. The Morgan fingerprint density at radius 2 is 2.36 bits per heavy atom. The third-order valence-electron chi connectivity index (χ3n) is 4.78. The lowest BCUT2D eigenvalue weighted by molar-refractivity contribution is -0.125. The van der Waals surface area contributed by atoms with Gasteiger partial charge in [0.25, 0.3) is 0 Å². The van der Waals surface area contributed by atoms with Gasteiger partial charge in [0.2, 0.25) is 5.91 Å². The Balaban J connectivity index is 1.45. The Morgan fingerprint density at radius 1 is 1.41 bits per heavy atom. The van der Waals surface area contributed by atoms with E-state index in [1.54, 1.807) is 0 Å². The number of aryl methyl sites for hydroxylation is 1. The molecule has 5 heteroatoms. The van der Waals surface area contributed by atoms with E-state index in [4.69, 9.17) is 4.74 Å². The van der Waals surface area contributed by atoms with Crippen LogP contribution in [0.25, 0.3) is 5.65 Å². The maximum atomic E-state index is 12.4. The van der Waals surface area contributed by atoms with E-state index >= 15 is 0 Å². The van der Waals surface area contributed by atoms with E-state index in [1.807, 2.05) is 24.4 Å². The molecule has 2 aromatic rings.